The minimum atomic E-state index is -0.283. The van der Waals surface area contributed by atoms with Crippen LogP contribution in [0.5, 0.6) is 0 Å². The van der Waals surface area contributed by atoms with E-state index in [9.17, 15) is 4.79 Å². The fourth-order valence-corrected chi connectivity index (χ4v) is 5.82. The maximum absolute atomic E-state index is 12.6. The number of benzene rings is 1. The van der Waals surface area contributed by atoms with Crippen LogP contribution >= 0.6 is 34.9 Å². The molecule has 0 aliphatic heterocycles. The van der Waals surface area contributed by atoms with Crippen molar-refractivity contribution in [2.45, 2.75) is 66.3 Å². The number of aromatic nitrogens is 4. The van der Waals surface area contributed by atoms with Gasteiger partial charge in [-0.15, -0.1) is 10.2 Å². The van der Waals surface area contributed by atoms with E-state index in [2.05, 4.69) is 58.7 Å². The van der Waals surface area contributed by atoms with Gasteiger partial charge in [0.2, 0.25) is 5.91 Å². The standard InChI is InChI=1S/C21H27N5OS3/c1-13(2)17-8-6-16(7-9-17)12-28-20-24-25-21(30-20)29-15(5)19(27)23-18-10-11-22-26(18)14(3)4/h6-11,13-15H,12H2,1-5H3,(H,23,27). The molecule has 3 aromatic rings. The van der Waals surface area contributed by atoms with Crippen LogP contribution in [0.2, 0.25) is 0 Å². The lowest BCUT2D eigenvalue weighted by Gasteiger charge is -2.14. The Morgan fingerprint density at radius 3 is 2.43 bits per heavy atom. The summed E-state index contributed by atoms with van der Waals surface area (Å²) in [6.07, 6.45) is 1.69. The van der Waals surface area contributed by atoms with Gasteiger partial charge in [-0.2, -0.15) is 5.10 Å². The molecule has 0 saturated carbocycles. The van der Waals surface area contributed by atoms with Gasteiger partial charge in [-0.05, 0) is 37.8 Å². The van der Waals surface area contributed by atoms with Crippen LogP contribution in [-0.4, -0.2) is 31.1 Å². The Morgan fingerprint density at radius 2 is 1.77 bits per heavy atom. The average molecular weight is 462 g/mol. The lowest BCUT2D eigenvalue weighted by molar-refractivity contribution is -0.115. The number of thioether (sulfide) groups is 2. The molecule has 2 aromatic heterocycles. The quantitative estimate of drug-likeness (QED) is 0.403. The van der Waals surface area contributed by atoms with E-state index in [1.54, 1.807) is 22.6 Å². The van der Waals surface area contributed by atoms with E-state index in [1.165, 1.54) is 34.2 Å². The van der Waals surface area contributed by atoms with Gasteiger partial charge >= 0.3 is 0 Å². The van der Waals surface area contributed by atoms with Crippen LogP contribution in [0.25, 0.3) is 0 Å². The highest BCUT2D eigenvalue weighted by Crippen LogP contribution is 2.33. The van der Waals surface area contributed by atoms with Crippen molar-refractivity contribution in [3.8, 4) is 0 Å². The second-order valence-corrected chi connectivity index (χ2v) is 11.3. The van der Waals surface area contributed by atoms with Gasteiger partial charge in [0.25, 0.3) is 0 Å². The number of anilines is 1. The molecule has 0 fully saturated rings. The molecule has 1 N–H and O–H groups in total. The number of nitrogens with zero attached hydrogens (tertiary/aromatic N) is 4. The zero-order chi connectivity index (χ0) is 21.7. The summed E-state index contributed by atoms with van der Waals surface area (Å²) in [5.41, 5.74) is 2.62. The largest absolute Gasteiger partial charge is 0.310 e. The van der Waals surface area contributed by atoms with Gasteiger partial charge in [0.15, 0.2) is 8.68 Å². The first-order valence-corrected chi connectivity index (χ1v) is 12.6. The van der Waals surface area contributed by atoms with Crippen molar-refractivity contribution in [2.24, 2.45) is 0 Å². The molecule has 0 aliphatic carbocycles. The molecule has 1 unspecified atom stereocenters. The summed E-state index contributed by atoms with van der Waals surface area (Å²) in [5, 5.41) is 15.4. The Balaban J connectivity index is 1.51. The fourth-order valence-electron chi connectivity index (χ4n) is 2.70. The van der Waals surface area contributed by atoms with E-state index < -0.39 is 0 Å². The van der Waals surface area contributed by atoms with Crippen molar-refractivity contribution in [1.82, 2.24) is 20.0 Å². The predicted octanol–water partition coefficient (Wildman–Crippen LogP) is 5.85. The SMILES string of the molecule is CC(Sc1nnc(SCc2ccc(C(C)C)cc2)s1)C(=O)Nc1ccnn1C(C)C. The van der Waals surface area contributed by atoms with Crippen LogP contribution in [-0.2, 0) is 10.5 Å². The van der Waals surface area contributed by atoms with Crippen LogP contribution in [0.1, 0.15) is 57.7 Å². The van der Waals surface area contributed by atoms with Crippen molar-refractivity contribution in [3.63, 3.8) is 0 Å². The molecule has 9 heteroatoms. The number of hydrogen-bond acceptors (Lipinski definition) is 7. The number of nitrogens with one attached hydrogen (secondary N) is 1. The monoisotopic (exact) mass is 461 g/mol. The summed E-state index contributed by atoms with van der Waals surface area (Å²) in [6.45, 7) is 10.3. The summed E-state index contributed by atoms with van der Waals surface area (Å²) in [5.74, 6) is 2.03. The van der Waals surface area contributed by atoms with Gasteiger partial charge in [-0.3, -0.25) is 4.79 Å². The number of rotatable bonds is 9. The van der Waals surface area contributed by atoms with Gasteiger partial charge in [0.05, 0.1) is 11.4 Å². The lowest BCUT2D eigenvalue weighted by Crippen LogP contribution is -2.24. The molecule has 0 radical (unpaired) electrons. The lowest BCUT2D eigenvalue weighted by atomic mass is 10.0. The van der Waals surface area contributed by atoms with E-state index in [1.807, 2.05) is 26.8 Å². The Hall–Kier alpha value is -1.84. The Kier molecular flexibility index (Phi) is 7.96. The van der Waals surface area contributed by atoms with E-state index in [4.69, 9.17) is 0 Å². The predicted molar refractivity (Wildman–Crippen MR) is 127 cm³/mol. The third-order valence-corrected chi connectivity index (χ3v) is 7.77. The maximum Gasteiger partial charge on any atom is 0.238 e. The zero-order valence-corrected chi connectivity index (χ0v) is 20.3. The van der Waals surface area contributed by atoms with Crippen LogP contribution in [0.4, 0.5) is 5.82 Å². The van der Waals surface area contributed by atoms with Gasteiger partial charge < -0.3 is 5.32 Å². The topological polar surface area (TPSA) is 72.7 Å². The third-order valence-electron chi connectivity index (χ3n) is 4.45. The van der Waals surface area contributed by atoms with Gasteiger partial charge in [0.1, 0.15) is 5.82 Å². The molecule has 160 valence electrons. The molecule has 1 amide bonds. The van der Waals surface area contributed by atoms with Crippen LogP contribution < -0.4 is 5.32 Å². The minimum absolute atomic E-state index is 0.0722. The maximum atomic E-state index is 12.6. The van der Waals surface area contributed by atoms with Crippen molar-refractivity contribution in [1.29, 1.82) is 0 Å². The molecule has 6 nitrogen and oxygen atoms in total. The first-order chi connectivity index (χ1) is 14.3. The smallest absolute Gasteiger partial charge is 0.238 e. The Labute approximate surface area is 190 Å². The van der Waals surface area contributed by atoms with Crippen molar-refractivity contribution < 1.29 is 4.79 Å². The summed E-state index contributed by atoms with van der Waals surface area (Å²) < 4.78 is 3.51. The molecule has 2 heterocycles. The Bertz CT molecular complexity index is 965. The molecule has 0 aliphatic rings. The minimum Gasteiger partial charge on any atom is -0.310 e. The van der Waals surface area contributed by atoms with Crippen LogP contribution in [0, 0.1) is 0 Å². The second kappa shape index (κ2) is 10.5. The molecular weight excluding hydrogens is 434 g/mol. The zero-order valence-electron chi connectivity index (χ0n) is 17.8. The number of carbonyl (C=O) groups excluding carboxylic acids is 1. The van der Waals surface area contributed by atoms with E-state index in [-0.39, 0.29) is 17.2 Å². The number of amides is 1. The summed E-state index contributed by atoms with van der Waals surface area (Å²) >= 11 is 4.63. The van der Waals surface area contributed by atoms with Crippen molar-refractivity contribution in [3.05, 3.63) is 47.7 Å². The van der Waals surface area contributed by atoms with Crippen LogP contribution in [0.3, 0.4) is 0 Å². The molecular formula is C21H27N5OS3. The van der Waals surface area contributed by atoms with E-state index >= 15 is 0 Å². The molecule has 1 atom stereocenters. The van der Waals surface area contributed by atoms with E-state index in [0.29, 0.717) is 11.7 Å². The highest BCUT2D eigenvalue weighted by molar-refractivity contribution is 8.03. The third kappa shape index (κ3) is 6.09. The first kappa shape index (κ1) is 22.8. The number of carbonyl (C=O) groups is 1. The molecule has 0 saturated heterocycles. The Morgan fingerprint density at radius 1 is 1.07 bits per heavy atom. The van der Waals surface area contributed by atoms with Gasteiger partial charge in [-0.1, -0.05) is 73.0 Å². The highest BCUT2D eigenvalue weighted by Gasteiger charge is 2.19. The van der Waals surface area contributed by atoms with Crippen molar-refractivity contribution in [2.75, 3.05) is 5.32 Å². The molecule has 0 spiro atoms. The van der Waals surface area contributed by atoms with E-state index in [0.717, 1.165) is 14.4 Å². The normalized spacial score (nSPS) is 12.5. The van der Waals surface area contributed by atoms with Crippen LogP contribution in [0.15, 0.2) is 45.2 Å². The summed E-state index contributed by atoms with van der Waals surface area (Å²) in [4.78, 5) is 12.6. The van der Waals surface area contributed by atoms with Gasteiger partial charge in [-0.25, -0.2) is 4.68 Å². The second-order valence-electron chi connectivity index (χ2n) is 7.52. The summed E-state index contributed by atoms with van der Waals surface area (Å²) in [6, 6.07) is 10.7. The fraction of sp³-hybridized carbons (Fsp3) is 0.429. The summed E-state index contributed by atoms with van der Waals surface area (Å²) in [7, 11) is 0. The highest BCUT2D eigenvalue weighted by atomic mass is 32.2. The average Bonchev–Trinajstić information content (AvgIpc) is 3.36. The molecule has 0 bridgehead atoms. The van der Waals surface area contributed by atoms with Crippen molar-refractivity contribution >= 4 is 46.6 Å². The first-order valence-electron chi connectivity index (χ1n) is 9.89. The molecule has 30 heavy (non-hydrogen) atoms. The molecule has 1 aromatic carbocycles. The van der Waals surface area contributed by atoms with Gasteiger partial charge in [0, 0.05) is 17.9 Å². The molecule has 3 rings (SSSR count). The number of hydrogen-bond donors (Lipinski definition) is 1.